The van der Waals surface area contributed by atoms with E-state index in [2.05, 4.69) is 4.98 Å². The largest absolute Gasteiger partial charge is 0.481 e. The summed E-state index contributed by atoms with van der Waals surface area (Å²) >= 11 is 7.82. The van der Waals surface area contributed by atoms with Gasteiger partial charge in [-0.3, -0.25) is 4.79 Å². The maximum absolute atomic E-state index is 11.2. The number of rotatable bonds is 2. The molecule has 1 atom stereocenters. The molecule has 0 spiro atoms. The van der Waals surface area contributed by atoms with Crippen molar-refractivity contribution in [2.24, 2.45) is 5.92 Å². The number of halogens is 1. The average Bonchev–Trinajstić information content (AvgIpc) is 2.93. The Morgan fingerprint density at radius 2 is 2.37 bits per heavy atom. The maximum atomic E-state index is 11.2. The number of imidazole rings is 1. The maximum Gasteiger partial charge on any atom is 0.308 e. The van der Waals surface area contributed by atoms with Crippen molar-refractivity contribution in [1.29, 1.82) is 0 Å². The van der Waals surface area contributed by atoms with Crippen LogP contribution in [-0.4, -0.2) is 20.6 Å². The molecule has 0 aromatic carbocycles. The predicted octanol–water partition coefficient (Wildman–Crippen LogP) is 3.22. The molecule has 0 aliphatic carbocycles. The van der Waals surface area contributed by atoms with Crippen LogP contribution in [0.4, 0.5) is 0 Å². The number of hydrogen-bond acceptors (Lipinski definition) is 3. The van der Waals surface area contributed by atoms with Crippen molar-refractivity contribution >= 4 is 28.9 Å². The predicted molar refractivity (Wildman–Crippen MR) is 74.7 cm³/mol. The summed E-state index contributed by atoms with van der Waals surface area (Å²) in [6, 6.07) is 4.05. The third kappa shape index (κ3) is 2.17. The Balaban J connectivity index is 2.06. The molecule has 1 aliphatic heterocycles. The normalized spacial score (nSPS) is 18.3. The minimum Gasteiger partial charge on any atom is -0.481 e. The minimum absolute atomic E-state index is 0.349. The van der Waals surface area contributed by atoms with E-state index in [1.807, 2.05) is 23.6 Å². The molecule has 2 aromatic heterocycles. The van der Waals surface area contributed by atoms with E-state index < -0.39 is 5.97 Å². The van der Waals surface area contributed by atoms with Gasteiger partial charge in [0.2, 0.25) is 0 Å². The molecule has 0 saturated carbocycles. The highest BCUT2D eigenvalue weighted by Gasteiger charge is 2.29. The monoisotopic (exact) mass is 296 g/mol. The molecule has 2 aromatic rings. The van der Waals surface area contributed by atoms with Crippen LogP contribution in [0.3, 0.4) is 0 Å². The number of carboxylic acid groups (broad SMARTS) is 1. The van der Waals surface area contributed by atoms with Gasteiger partial charge in [0.15, 0.2) is 11.0 Å². The first-order valence-electron chi connectivity index (χ1n) is 6.11. The molecule has 0 amide bonds. The lowest BCUT2D eigenvalue weighted by Gasteiger charge is -2.22. The second-order valence-corrected chi connectivity index (χ2v) is 6.41. The van der Waals surface area contributed by atoms with Crippen LogP contribution in [-0.2, 0) is 17.8 Å². The minimum atomic E-state index is -0.746. The Morgan fingerprint density at radius 3 is 3.00 bits per heavy atom. The van der Waals surface area contributed by atoms with Gasteiger partial charge in [0, 0.05) is 11.4 Å². The number of carbonyl (C=O) groups is 1. The lowest BCUT2D eigenvalue weighted by Crippen LogP contribution is -2.26. The van der Waals surface area contributed by atoms with Crippen molar-refractivity contribution < 1.29 is 9.90 Å². The van der Waals surface area contributed by atoms with Crippen LogP contribution in [0.2, 0.25) is 5.15 Å². The van der Waals surface area contributed by atoms with Gasteiger partial charge in [-0.15, -0.1) is 11.3 Å². The van der Waals surface area contributed by atoms with Gasteiger partial charge in [-0.25, -0.2) is 4.98 Å². The average molecular weight is 297 g/mol. The number of fused-ring (bicyclic) bond motifs is 1. The summed E-state index contributed by atoms with van der Waals surface area (Å²) in [5.41, 5.74) is 0.959. The molecule has 1 N–H and O–H groups in total. The van der Waals surface area contributed by atoms with Crippen LogP contribution in [0, 0.1) is 12.8 Å². The standard InChI is InChI=1S/C13H13ClN2O2S/c1-7-2-5-10(19-7)12-15-11(14)9-4-3-8(13(17)18)6-16(9)12/h2,5,8H,3-4,6H2,1H3,(H,17,18). The highest BCUT2D eigenvalue weighted by molar-refractivity contribution is 7.15. The highest BCUT2D eigenvalue weighted by Crippen LogP contribution is 2.34. The number of hydrogen-bond donors (Lipinski definition) is 1. The summed E-state index contributed by atoms with van der Waals surface area (Å²) in [6.45, 7) is 2.49. The molecule has 0 bridgehead atoms. The van der Waals surface area contributed by atoms with E-state index in [0.29, 0.717) is 24.5 Å². The van der Waals surface area contributed by atoms with Gasteiger partial charge in [-0.1, -0.05) is 11.6 Å². The van der Waals surface area contributed by atoms with Crippen molar-refractivity contribution in [3.63, 3.8) is 0 Å². The van der Waals surface area contributed by atoms with Crippen molar-refractivity contribution in [2.45, 2.75) is 26.3 Å². The molecule has 1 aliphatic rings. The third-order valence-electron chi connectivity index (χ3n) is 3.47. The fourth-order valence-corrected chi connectivity index (χ4v) is 3.60. The molecule has 3 rings (SSSR count). The first-order valence-corrected chi connectivity index (χ1v) is 7.30. The van der Waals surface area contributed by atoms with Crippen molar-refractivity contribution in [3.8, 4) is 10.7 Å². The van der Waals surface area contributed by atoms with E-state index in [0.717, 1.165) is 16.4 Å². The lowest BCUT2D eigenvalue weighted by molar-refractivity contribution is -0.142. The summed E-state index contributed by atoms with van der Waals surface area (Å²) < 4.78 is 1.97. The number of thiophene rings is 1. The summed E-state index contributed by atoms with van der Waals surface area (Å²) in [4.78, 5) is 17.8. The third-order valence-corrected chi connectivity index (χ3v) is 4.77. The van der Waals surface area contributed by atoms with E-state index >= 15 is 0 Å². The molecule has 100 valence electrons. The van der Waals surface area contributed by atoms with Gasteiger partial charge in [0.05, 0.1) is 16.5 Å². The van der Waals surface area contributed by atoms with Crippen LogP contribution in [0.25, 0.3) is 10.7 Å². The second kappa shape index (κ2) is 4.65. The first-order chi connectivity index (χ1) is 9.06. The molecule has 3 heterocycles. The lowest BCUT2D eigenvalue weighted by atomic mass is 9.98. The fraction of sp³-hybridized carbons (Fsp3) is 0.385. The number of carboxylic acids is 1. The van der Waals surface area contributed by atoms with Crippen LogP contribution in [0.15, 0.2) is 12.1 Å². The molecule has 0 saturated heterocycles. The van der Waals surface area contributed by atoms with E-state index in [-0.39, 0.29) is 5.92 Å². The van der Waals surface area contributed by atoms with Crippen LogP contribution < -0.4 is 0 Å². The smallest absolute Gasteiger partial charge is 0.308 e. The van der Waals surface area contributed by atoms with Crippen molar-refractivity contribution in [2.75, 3.05) is 0 Å². The van der Waals surface area contributed by atoms with Crippen LogP contribution >= 0.6 is 22.9 Å². The molecule has 0 radical (unpaired) electrons. The Morgan fingerprint density at radius 1 is 1.58 bits per heavy atom. The van der Waals surface area contributed by atoms with Crippen LogP contribution in [0.5, 0.6) is 0 Å². The molecular weight excluding hydrogens is 284 g/mol. The summed E-state index contributed by atoms with van der Waals surface area (Å²) in [5.74, 6) is -0.301. The molecule has 19 heavy (non-hydrogen) atoms. The molecular formula is C13H13ClN2O2S. The second-order valence-electron chi connectivity index (χ2n) is 4.77. The fourth-order valence-electron chi connectivity index (χ4n) is 2.46. The molecule has 6 heteroatoms. The summed E-state index contributed by atoms with van der Waals surface area (Å²) in [7, 11) is 0. The van der Waals surface area contributed by atoms with E-state index in [1.165, 1.54) is 4.88 Å². The first kappa shape index (κ1) is 12.7. The van der Waals surface area contributed by atoms with E-state index in [1.54, 1.807) is 11.3 Å². The topological polar surface area (TPSA) is 55.1 Å². The van der Waals surface area contributed by atoms with Crippen molar-refractivity contribution in [1.82, 2.24) is 9.55 Å². The Kier molecular flexibility index (Phi) is 3.11. The number of aliphatic carboxylic acids is 1. The van der Waals surface area contributed by atoms with E-state index in [4.69, 9.17) is 11.6 Å². The van der Waals surface area contributed by atoms with E-state index in [9.17, 15) is 9.90 Å². The number of aryl methyl sites for hydroxylation is 1. The van der Waals surface area contributed by atoms with Gasteiger partial charge in [-0.2, -0.15) is 0 Å². The summed E-state index contributed by atoms with van der Waals surface area (Å²) in [5, 5.41) is 9.68. The molecule has 1 unspecified atom stereocenters. The summed E-state index contributed by atoms with van der Waals surface area (Å²) in [6.07, 6.45) is 1.30. The van der Waals surface area contributed by atoms with Gasteiger partial charge in [0.1, 0.15) is 0 Å². The quantitative estimate of drug-likeness (QED) is 0.926. The highest BCUT2D eigenvalue weighted by atomic mass is 35.5. The van der Waals surface area contributed by atoms with Gasteiger partial charge in [0.25, 0.3) is 0 Å². The van der Waals surface area contributed by atoms with Gasteiger partial charge >= 0.3 is 5.97 Å². The van der Waals surface area contributed by atoms with Crippen LogP contribution in [0.1, 0.15) is 17.0 Å². The zero-order valence-corrected chi connectivity index (χ0v) is 12.0. The Hall–Kier alpha value is -1.33. The number of nitrogens with zero attached hydrogens (tertiary/aromatic N) is 2. The van der Waals surface area contributed by atoms with Gasteiger partial charge in [-0.05, 0) is 31.9 Å². The molecule has 0 fully saturated rings. The number of aromatic nitrogens is 2. The Labute approximate surface area is 119 Å². The zero-order valence-electron chi connectivity index (χ0n) is 10.4. The SMILES string of the molecule is Cc1ccc(-c2nc(Cl)c3n2CC(C(=O)O)CC3)s1. The van der Waals surface area contributed by atoms with Gasteiger partial charge < -0.3 is 9.67 Å². The van der Waals surface area contributed by atoms with Crippen molar-refractivity contribution in [3.05, 3.63) is 27.9 Å². The molecule has 4 nitrogen and oxygen atoms in total. The Bertz CT molecular complexity index is 647. The zero-order chi connectivity index (χ0) is 13.6.